The Morgan fingerprint density at radius 2 is 2.13 bits per heavy atom. The van der Waals surface area contributed by atoms with Gasteiger partial charge in [-0.3, -0.25) is 10.2 Å². The fourth-order valence-electron chi connectivity index (χ4n) is 3.33. The molecule has 3 rings (SSSR count). The van der Waals surface area contributed by atoms with E-state index in [-0.39, 0.29) is 18.1 Å². The summed E-state index contributed by atoms with van der Waals surface area (Å²) in [5, 5.41) is 0. The number of benzene rings is 1. The Morgan fingerprint density at radius 3 is 2.87 bits per heavy atom. The van der Waals surface area contributed by atoms with Gasteiger partial charge in [0.05, 0.1) is 6.10 Å². The predicted octanol–water partition coefficient (Wildman–Crippen LogP) is 1.49. The van der Waals surface area contributed by atoms with Gasteiger partial charge in [0.25, 0.3) is 0 Å². The minimum absolute atomic E-state index is 0.0816. The van der Waals surface area contributed by atoms with Crippen molar-refractivity contribution in [2.75, 3.05) is 19.7 Å². The van der Waals surface area contributed by atoms with Crippen molar-refractivity contribution in [1.82, 2.24) is 15.8 Å². The summed E-state index contributed by atoms with van der Waals surface area (Å²) in [5.74, 6) is 0.206. The lowest BCUT2D eigenvalue weighted by molar-refractivity contribution is -0.132. The van der Waals surface area contributed by atoms with Gasteiger partial charge in [0.2, 0.25) is 5.91 Å². The van der Waals surface area contributed by atoms with E-state index in [0.29, 0.717) is 6.04 Å². The molecular weight excluding hydrogens is 290 g/mol. The van der Waals surface area contributed by atoms with E-state index in [1.807, 2.05) is 11.0 Å². The first-order valence-corrected chi connectivity index (χ1v) is 8.68. The van der Waals surface area contributed by atoms with Crippen molar-refractivity contribution in [2.24, 2.45) is 0 Å². The van der Waals surface area contributed by atoms with Gasteiger partial charge in [0, 0.05) is 25.7 Å². The number of amides is 1. The zero-order valence-corrected chi connectivity index (χ0v) is 13.8. The highest BCUT2D eigenvalue weighted by Gasteiger charge is 2.34. The summed E-state index contributed by atoms with van der Waals surface area (Å²) >= 11 is 0. The van der Waals surface area contributed by atoms with Gasteiger partial charge in [0.1, 0.15) is 6.04 Å². The SMILES string of the molecule is CC1CC(C(=O)N2CCC(OCCCc3ccccc3)C2)NN1. The van der Waals surface area contributed by atoms with Crippen molar-refractivity contribution in [2.45, 2.75) is 50.8 Å². The number of carbonyl (C=O) groups is 1. The molecule has 1 aromatic rings. The number of nitrogens with one attached hydrogen (secondary N) is 2. The molecular formula is C18H27N3O2. The predicted molar refractivity (Wildman–Crippen MR) is 89.8 cm³/mol. The standard InChI is InChI=1S/C18H27N3O2/c1-14-12-17(20-19-14)18(22)21-10-9-16(13-21)23-11-5-8-15-6-3-2-4-7-15/h2-4,6-7,14,16-17,19-20H,5,8-13H2,1H3. The second-order valence-electron chi connectivity index (χ2n) is 6.63. The number of likely N-dealkylation sites (tertiary alicyclic amines) is 1. The Morgan fingerprint density at radius 1 is 1.30 bits per heavy atom. The van der Waals surface area contributed by atoms with E-state index in [1.54, 1.807) is 0 Å². The van der Waals surface area contributed by atoms with Gasteiger partial charge in [0.15, 0.2) is 0 Å². The van der Waals surface area contributed by atoms with Gasteiger partial charge < -0.3 is 9.64 Å². The van der Waals surface area contributed by atoms with E-state index in [2.05, 4.69) is 42.0 Å². The van der Waals surface area contributed by atoms with Crippen LogP contribution in [-0.2, 0) is 16.0 Å². The number of aryl methyl sites for hydroxylation is 1. The lowest BCUT2D eigenvalue weighted by atomic mass is 10.1. The maximum atomic E-state index is 12.4. The number of hydrogen-bond donors (Lipinski definition) is 2. The van der Waals surface area contributed by atoms with Crippen molar-refractivity contribution in [3.8, 4) is 0 Å². The molecule has 2 aliphatic rings. The maximum Gasteiger partial charge on any atom is 0.241 e. The Hall–Kier alpha value is -1.43. The fourth-order valence-corrected chi connectivity index (χ4v) is 3.33. The Balaban J connectivity index is 1.34. The van der Waals surface area contributed by atoms with E-state index in [9.17, 15) is 4.79 Å². The van der Waals surface area contributed by atoms with Crippen LogP contribution in [-0.4, -0.2) is 48.7 Å². The average Bonchev–Trinajstić information content (AvgIpc) is 3.21. The monoisotopic (exact) mass is 317 g/mol. The first kappa shape index (κ1) is 16.4. The van der Waals surface area contributed by atoms with E-state index in [4.69, 9.17) is 4.74 Å². The molecule has 2 aliphatic heterocycles. The van der Waals surface area contributed by atoms with Crippen LogP contribution in [0.25, 0.3) is 0 Å². The number of rotatable bonds is 6. The summed E-state index contributed by atoms with van der Waals surface area (Å²) in [4.78, 5) is 14.4. The lowest BCUT2D eigenvalue weighted by Gasteiger charge is -2.20. The molecule has 1 aromatic carbocycles. The smallest absolute Gasteiger partial charge is 0.241 e. The largest absolute Gasteiger partial charge is 0.376 e. The van der Waals surface area contributed by atoms with Crippen LogP contribution in [0.5, 0.6) is 0 Å². The van der Waals surface area contributed by atoms with Crippen molar-refractivity contribution in [3.63, 3.8) is 0 Å². The van der Waals surface area contributed by atoms with Gasteiger partial charge in [-0.2, -0.15) is 0 Å². The maximum absolute atomic E-state index is 12.4. The summed E-state index contributed by atoms with van der Waals surface area (Å²) in [7, 11) is 0. The van der Waals surface area contributed by atoms with Gasteiger partial charge in [-0.1, -0.05) is 30.3 Å². The summed E-state index contributed by atoms with van der Waals surface area (Å²) < 4.78 is 5.96. The third-order valence-electron chi connectivity index (χ3n) is 4.65. The van der Waals surface area contributed by atoms with E-state index < -0.39 is 0 Å². The molecule has 3 unspecified atom stereocenters. The first-order chi connectivity index (χ1) is 11.2. The first-order valence-electron chi connectivity index (χ1n) is 8.68. The second kappa shape index (κ2) is 7.90. The molecule has 23 heavy (non-hydrogen) atoms. The van der Waals surface area contributed by atoms with Crippen LogP contribution in [0.3, 0.4) is 0 Å². The van der Waals surface area contributed by atoms with Crippen LogP contribution in [0, 0.1) is 0 Å². The molecule has 2 saturated heterocycles. The van der Waals surface area contributed by atoms with Gasteiger partial charge in [-0.25, -0.2) is 5.43 Å². The molecule has 5 nitrogen and oxygen atoms in total. The summed E-state index contributed by atoms with van der Waals surface area (Å²) in [6, 6.07) is 10.8. The molecule has 3 atom stereocenters. The molecule has 2 fully saturated rings. The average molecular weight is 317 g/mol. The van der Waals surface area contributed by atoms with Crippen LogP contribution in [0.2, 0.25) is 0 Å². The number of ether oxygens (including phenoxy) is 1. The van der Waals surface area contributed by atoms with Crippen LogP contribution in [0.1, 0.15) is 31.7 Å². The molecule has 0 bridgehead atoms. The molecule has 2 heterocycles. The number of nitrogens with zero attached hydrogens (tertiary/aromatic N) is 1. The van der Waals surface area contributed by atoms with Crippen molar-refractivity contribution >= 4 is 5.91 Å². The molecule has 126 valence electrons. The molecule has 0 radical (unpaired) electrons. The highest BCUT2D eigenvalue weighted by molar-refractivity contribution is 5.82. The van der Waals surface area contributed by atoms with Crippen LogP contribution >= 0.6 is 0 Å². The minimum atomic E-state index is -0.0816. The second-order valence-corrected chi connectivity index (χ2v) is 6.63. The highest BCUT2D eigenvalue weighted by atomic mass is 16.5. The zero-order valence-electron chi connectivity index (χ0n) is 13.8. The van der Waals surface area contributed by atoms with E-state index in [1.165, 1.54) is 5.56 Å². The highest BCUT2D eigenvalue weighted by Crippen LogP contribution is 2.17. The third kappa shape index (κ3) is 4.53. The van der Waals surface area contributed by atoms with Crippen LogP contribution < -0.4 is 10.9 Å². The van der Waals surface area contributed by atoms with Crippen molar-refractivity contribution in [1.29, 1.82) is 0 Å². The van der Waals surface area contributed by atoms with Gasteiger partial charge in [-0.05, 0) is 38.2 Å². The van der Waals surface area contributed by atoms with Gasteiger partial charge in [-0.15, -0.1) is 0 Å². The van der Waals surface area contributed by atoms with E-state index in [0.717, 1.165) is 45.4 Å². The number of hydrazine groups is 1. The molecule has 5 heteroatoms. The van der Waals surface area contributed by atoms with Crippen molar-refractivity contribution < 1.29 is 9.53 Å². The number of carbonyl (C=O) groups excluding carboxylic acids is 1. The molecule has 1 amide bonds. The molecule has 0 saturated carbocycles. The third-order valence-corrected chi connectivity index (χ3v) is 4.65. The minimum Gasteiger partial charge on any atom is -0.376 e. The van der Waals surface area contributed by atoms with Gasteiger partial charge >= 0.3 is 0 Å². The lowest BCUT2D eigenvalue weighted by Crippen LogP contribution is -2.45. The van der Waals surface area contributed by atoms with Crippen molar-refractivity contribution in [3.05, 3.63) is 35.9 Å². The quantitative estimate of drug-likeness (QED) is 0.781. The fraction of sp³-hybridized carbons (Fsp3) is 0.611. The normalized spacial score (nSPS) is 27.5. The Labute approximate surface area is 138 Å². The summed E-state index contributed by atoms with van der Waals surface area (Å²) in [5.41, 5.74) is 7.55. The van der Waals surface area contributed by atoms with Crippen LogP contribution in [0.4, 0.5) is 0 Å². The van der Waals surface area contributed by atoms with E-state index >= 15 is 0 Å². The zero-order chi connectivity index (χ0) is 16.1. The topological polar surface area (TPSA) is 53.6 Å². The number of hydrogen-bond acceptors (Lipinski definition) is 4. The molecule has 0 aliphatic carbocycles. The molecule has 0 aromatic heterocycles. The summed E-state index contributed by atoms with van der Waals surface area (Å²) in [6.45, 7) is 4.40. The Bertz CT molecular complexity index is 508. The van der Waals surface area contributed by atoms with Crippen LogP contribution in [0.15, 0.2) is 30.3 Å². The summed E-state index contributed by atoms with van der Waals surface area (Å²) in [6.07, 6.45) is 4.08. The molecule has 2 N–H and O–H groups in total. The Kier molecular flexibility index (Phi) is 5.65. The molecule has 0 spiro atoms.